The maximum absolute atomic E-state index is 12.9. The summed E-state index contributed by atoms with van der Waals surface area (Å²) in [5.74, 6) is 1.17. The zero-order chi connectivity index (χ0) is 29.2. The number of nitrogens with zero attached hydrogens (tertiary/aromatic N) is 1. The van der Waals surface area contributed by atoms with E-state index in [1.807, 2.05) is 61.5 Å². The van der Waals surface area contributed by atoms with Crippen molar-refractivity contribution in [2.24, 2.45) is 0 Å². The molecular formula is C32H25Cl2IN2O4. The number of amides is 1. The molecule has 0 heterocycles. The van der Waals surface area contributed by atoms with Crippen molar-refractivity contribution in [3.8, 4) is 23.3 Å². The smallest absolute Gasteiger partial charge is 0.266 e. The highest BCUT2D eigenvalue weighted by atomic mass is 127. The van der Waals surface area contributed by atoms with Gasteiger partial charge in [0.05, 0.1) is 10.2 Å². The molecule has 0 aliphatic heterocycles. The average molecular weight is 699 g/mol. The Kier molecular flexibility index (Phi) is 10.9. The number of nitriles is 1. The Morgan fingerprint density at radius 3 is 2.44 bits per heavy atom. The molecule has 0 radical (unpaired) electrons. The van der Waals surface area contributed by atoms with Crippen molar-refractivity contribution < 1.29 is 19.0 Å². The minimum absolute atomic E-state index is 0.0603. The Morgan fingerprint density at radius 1 is 0.951 bits per heavy atom. The van der Waals surface area contributed by atoms with Crippen LogP contribution in [0.4, 0.5) is 5.69 Å². The number of halogens is 3. The van der Waals surface area contributed by atoms with Gasteiger partial charge in [-0.05, 0) is 101 Å². The predicted molar refractivity (Wildman–Crippen MR) is 171 cm³/mol. The molecule has 0 saturated carbocycles. The van der Waals surface area contributed by atoms with Crippen molar-refractivity contribution in [3.05, 3.63) is 121 Å². The summed E-state index contributed by atoms with van der Waals surface area (Å²) in [5.41, 5.74) is 2.88. The van der Waals surface area contributed by atoms with Crippen LogP contribution in [0.3, 0.4) is 0 Å². The quantitative estimate of drug-likeness (QED) is 0.0963. The predicted octanol–water partition coefficient (Wildman–Crippen LogP) is 8.70. The first kappa shape index (κ1) is 30.3. The number of carbonyl (C=O) groups is 1. The van der Waals surface area contributed by atoms with Crippen LogP contribution in [-0.2, 0) is 18.0 Å². The zero-order valence-electron chi connectivity index (χ0n) is 22.0. The summed E-state index contributed by atoms with van der Waals surface area (Å²) in [6, 6.07) is 27.3. The van der Waals surface area contributed by atoms with Gasteiger partial charge < -0.3 is 19.5 Å². The summed E-state index contributed by atoms with van der Waals surface area (Å²) in [4.78, 5) is 12.9. The van der Waals surface area contributed by atoms with Gasteiger partial charge in [0, 0.05) is 21.3 Å². The Balaban J connectivity index is 1.44. The molecule has 0 bridgehead atoms. The van der Waals surface area contributed by atoms with Gasteiger partial charge >= 0.3 is 0 Å². The van der Waals surface area contributed by atoms with Crippen molar-refractivity contribution in [2.45, 2.75) is 20.1 Å². The molecular weight excluding hydrogens is 674 g/mol. The number of hydrogen-bond acceptors (Lipinski definition) is 5. The van der Waals surface area contributed by atoms with Gasteiger partial charge in [0.2, 0.25) is 0 Å². The van der Waals surface area contributed by atoms with Crippen LogP contribution in [0.25, 0.3) is 6.08 Å². The van der Waals surface area contributed by atoms with E-state index in [1.165, 1.54) is 6.08 Å². The van der Waals surface area contributed by atoms with Crippen LogP contribution >= 0.6 is 45.8 Å². The fourth-order valence-electron chi connectivity index (χ4n) is 3.78. The number of anilines is 1. The second-order valence-electron chi connectivity index (χ2n) is 8.71. The number of ether oxygens (including phenoxy) is 3. The number of benzene rings is 4. The van der Waals surface area contributed by atoms with E-state index in [0.29, 0.717) is 58.4 Å². The number of carbonyl (C=O) groups excluding carboxylic acids is 1. The minimum atomic E-state index is -0.536. The summed E-state index contributed by atoms with van der Waals surface area (Å²) < 4.78 is 18.4. The molecule has 1 N–H and O–H groups in total. The SMILES string of the molecule is CCOc1cc(/C=C(\C#N)C(=O)Nc2ccc(OCc3ccccc3Cl)cc2)cc(I)c1OCc1cccc(Cl)c1. The maximum atomic E-state index is 12.9. The van der Waals surface area contributed by atoms with Crippen LogP contribution in [0.15, 0.2) is 90.5 Å². The third-order valence-electron chi connectivity index (χ3n) is 5.74. The Hall–Kier alpha value is -3.71. The number of rotatable bonds is 11. The van der Waals surface area contributed by atoms with E-state index in [1.54, 1.807) is 36.4 Å². The molecule has 0 aromatic heterocycles. The third-order valence-corrected chi connectivity index (χ3v) is 7.15. The Bertz CT molecular complexity index is 1600. The van der Waals surface area contributed by atoms with Gasteiger partial charge in [-0.1, -0.05) is 53.5 Å². The van der Waals surface area contributed by atoms with Crippen molar-refractivity contribution in [1.82, 2.24) is 0 Å². The molecule has 4 aromatic carbocycles. The molecule has 6 nitrogen and oxygen atoms in total. The van der Waals surface area contributed by atoms with Crippen molar-refractivity contribution in [1.29, 1.82) is 5.26 Å². The monoisotopic (exact) mass is 698 g/mol. The highest BCUT2D eigenvalue weighted by molar-refractivity contribution is 14.1. The molecule has 1 amide bonds. The van der Waals surface area contributed by atoms with Gasteiger partial charge in [-0.2, -0.15) is 5.26 Å². The molecule has 0 atom stereocenters. The van der Waals surface area contributed by atoms with E-state index >= 15 is 0 Å². The van der Waals surface area contributed by atoms with E-state index < -0.39 is 5.91 Å². The van der Waals surface area contributed by atoms with Gasteiger partial charge in [-0.25, -0.2) is 0 Å². The first-order chi connectivity index (χ1) is 19.9. The highest BCUT2D eigenvalue weighted by Crippen LogP contribution is 2.36. The molecule has 4 rings (SSSR count). The Labute approximate surface area is 262 Å². The second kappa shape index (κ2) is 14.8. The minimum Gasteiger partial charge on any atom is -0.490 e. The van der Waals surface area contributed by atoms with E-state index in [0.717, 1.165) is 14.7 Å². The summed E-state index contributed by atoms with van der Waals surface area (Å²) >= 11 is 14.4. The number of hydrogen-bond donors (Lipinski definition) is 1. The van der Waals surface area contributed by atoms with Gasteiger partial charge in [0.1, 0.15) is 30.6 Å². The van der Waals surface area contributed by atoms with Crippen molar-refractivity contribution in [3.63, 3.8) is 0 Å². The van der Waals surface area contributed by atoms with E-state index in [4.69, 9.17) is 37.4 Å². The normalized spacial score (nSPS) is 11.0. The molecule has 0 aliphatic carbocycles. The average Bonchev–Trinajstić information content (AvgIpc) is 2.96. The lowest BCUT2D eigenvalue weighted by molar-refractivity contribution is -0.112. The zero-order valence-corrected chi connectivity index (χ0v) is 25.7. The molecule has 208 valence electrons. The van der Waals surface area contributed by atoms with Gasteiger partial charge in [-0.15, -0.1) is 0 Å². The standard InChI is InChI=1S/C32H25Cl2IN2O4/c1-2-39-30-17-22(16-29(35)31(30)41-19-21-6-5-8-25(33)15-21)14-24(18-36)32(38)37-26-10-12-27(13-11-26)40-20-23-7-3-4-9-28(23)34/h3-17H,2,19-20H2,1H3,(H,37,38)/b24-14+. The van der Waals surface area contributed by atoms with Crippen LogP contribution in [0.5, 0.6) is 17.2 Å². The lowest BCUT2D eigenvalue weighted by Crippen LogP contribution is -2.13. The maximum Gasteiger partial charge on any atom is 0.266 e. The summed E-state index contributed by atoms with van der Waals surface area (Å²) in [5, 5.41) is 13.8. The first-order valence-corrected chi connectivity index (χ1v) is 14.4. The lowest BCUT2D eigenvalue weighted by Gasteiger charge is -2.15. The van der Waals surface area contributed by atoms with Crippen LogP contribution < -0.4 is 19.5 Å². The van der Waals surface area contributed by atoms with Crippen molar-refractivity contribution >= 4 is 63.5 Å². The van der Waals surface area contributed by atoms with Gasteiger partial charge in [-0.3, -0.25) is 4.79 Å². The first-order valence-electron chi connectivity index (χ1n) is 12.6. The molecule has 41 heavy (non-hydrogen) atoms. The molecule has 0 spiro atoms. The van der Waals surface area contributed by atoms with Gasteiger partial charge in [0.15, 0.2) is 11.5 Å². The summed E-state index contributed by atoms with van der Waals surface area (Å²) in [6.07, 6.45) is 1.52. The summed E-state index contributed by atoms with van der Waals surface area (Å²) in [6.45, 7) is 2.92. The highest BCUT2D eigenvalue weighted by Gasteiger charge is 2.15. The third kappa shape index (κ3) is 8.64. The van der Waals surface area contributed by atoms with Crippen molar-refractivity contribution in [2.75, 3.05) is 11.9 Å². The van der Waals surface area contributed by atoms with Crippen LogP contribution in [-0.4, -0.2) is 12.5 Å². The molecule has 0 saturated heterocycles. The Morgan fingerprint density at radius 2 is 1.73 bits per heavy atom. The molecule has 0 fully saturated rings. The largest absolute Gasteiger partial charge is 0.490 e. The van der Waals surface area contributed by atoms with E-state index in [-0.39, 0.29) is 5.57 Å². The lowest BCUT2D eigenvalue weighted by atomic mass is 10.1. The van der Waals surface area contributed by atoms with E-state index in [2.05, 4.69) is 27.9 Å². The topological polar surface area (TPSA) is 80.6 Å². The fourth-order valence-corrected chi connectivity index (χ4v) is 4.97. The molecule has 0 aliphatic rings. The van der Waals surface area contributed by atoms with Crippen LogP contribution in [0.1, 0.15) is 23.6 Å². The van der Waals surface area contributed by atoms with Crippen LogP contribution in [0, 0.1) is 14.9 Å². The molecule has 4 aromatic rings. The molecule has 9 heteroatoms. The van der Waals surface area contributed by atoms with E-state index in [9.17, 15) is 10.1 Å². The second-order valence-corrected chi connectivity index (χ2v) is 10.7. The molecule has 0 unspecified atom stereocenters. The summed E-state index contributed by atoms with van der Waals surface area (Å²) in [7, 11) is 0. The number of nitrogens with one attached hydrogen (secondary N) is 1. The van der Waals surface area contributed by atoms with Crippen LogP contribution in [0.2, 0.25) is 10.0 Å². The van der Waals surface area contributed by atoms with Gasteiger partial charge in [0.25, 0.3) is 5.91 Å². The fraction of sp³-hybridized carbons (Fsp3) is 0.125.